The van der Waals surface area contributed by atoms with Crippen LogP contribution in [0.2, 0.25) is 0 Å². The molecule has 5 nitrogen and oxygen atoms in total. The van der Waals surface area contributed by atoms with Gasteiger partial charge in [0.2, 0.25) is 10.0 Å². The van der Waals surface area contributed by atoms with E-state index in [0.29, 0.717) is 18.3 Å². The summed E-state index contributed by atoms with van der Waals surface area (Å²) in [5.74, 6) is 0.733. The maximum absolute atomic E-state index is 12.3. The fourth-order valence-electron chi connectivity index (χ4n) is 3.21. The molecule has 3 fully saturated rings. The van der Waals surface area contributed by atoms with Crippen molar-refractivity contribution >= 4 is 10.0 Å². The third kappa shape index (κ3) is 2.96. The van der Waals surface area contributed by atoms with Crippen molar-refractivity contribution in [3.8, 4) is 0 Å². The van der Waals surface area contributed by atoms with Crippen LogP contribution in [0.1, 0.15) is 32.1 Å². The van der Waals surface area contributed by atoms with Gasteiger partial charge in [-0.25, -0.2) is 8.42 Å². The topological polar surface area (TPSA) is 58.6 Å². The lowest BCUT2D eigenvalue weighted by atomic mass is 9.88. The van der Waals surface area contributed by atoms with Crippen molar-refractivity contribution < 1.29 is 13.2 Å². The van der Waals surface area contributed by atoms with E-state index < -0.39 is 10.0 Å². The van der Waals surface area contributed by atoms with Crippen molar-refractivity contribution in [3.63, 3.8) is 0 Å². The molecule has 1 spiro atoms. The Morgan fingerprint density at radius 1 is 1.32 bits per heavy atom. The summed E-state index contributed by atoms with van der Waals surface area (Å²) >= 11 is 0. The molecular formula is C13H24N2O3S. The predicted octanol–water partition coefficient (Wildman–Crippen LogP) is 0.569. The van der Waals surface area contributed by atoms with Gasteiger partial charge in [0.25, 0.3) is 0 Å². The van der Waals surface area contributed by atoms with Crippen molar-refractivity contribution in [1.29, 1.82) is 0 Å². The molecule has 2 heterocycles. The molecule has 1 aliphatic carbocycles. The summed E-state index contributed by atoms with van der Waals surface area (Å²) in [7, 11) is -1.37. The van der Waals surface area contributed by atoms with Gasteiger partial charge in [0, 0.05) is 7.05 Å². The number of hydrogen-bond acceptors (Lipinski definition) is 4. The minimum Gasteiger partial charge on any atom is -0.373 e. The third-order valence-corrected chi connectivity index (χ3v) is 6.87. The minimum absolute atomic E-state index is 0.0295. The molecule has 6 heteroatoms. The van der Waals surface area contributed by atoms with Crippen LogP contribution in [0.25, 0.3) is 0 Å². The van der Waals surface area contributed by atoms with Crippen LogP contribution in [0.5, 0.6) is 0 Å². The molecule has 0 amide bonds. The fraction of sp³-hybridized carbons (Fsp3) is 1.00. The molecule has 0 aromatic heterocycles. The Bertz CT molecular complexity index is 427. The summed E-state index contributed by atoms with van der Waals surface area (Å²) in [5, 5.41) is 3.33. The third-order valence-electron chi connectivity index (χ3n) is 4.80. The van der Waals surface area contributed by atoms with Crippen LogP contribution in [0.15, 0.2) is 0 Å². The number of rotatable bonds is 4. The number of likely N-dealkylation sites (N-methyl/N-ethyl adjacent to an activating group) is 1. The van der Waals surface area contributed by atoms with Gasteiger partial charge >= 0.3 is 0 Å². The molecule has 110 valence electrons. The van der Waals surface area contributed by atoms with Gasteiger partial charge in [-0.3, -0.25) is 0 Å². The maximum atomic E-state index is 12.3. The van der Waals surface area contributed by atoms with E-state index >= 15 is 0 Å². The van der Waals surface area contributed by atoms with Crippen molar-refractivity contribution in [2.45, 2.75) is 43.7 Å². The van der Waals surface area contributed by atoms with E-state index in [4.69, 9.17) is 4.74 Å². The molecular weight excluding hydrogens is 264 g/mol. The molecule has 0 radical (unpaired) electrons. The van der Waals surface area contributed by atoms with Crippen molar-refractivity contribution in [3.05, 3.63) is 0 Å². The summed E-state index contributed by atoms with van der Waals surface area (Å²) in [6.45, 7) is 2.51. The summed E-state index contributed by atoms with van der Waals surface area (Å²) in [6, 6.07) is 0.0295. The molecule has 2 aliphatic heterocycles. The van der Waals surface area contributed by atoms with Gasteiger partial charge in [0.05, 0.1) is 24.0 Å². The highest BCUT2D eigenvalue weighted by Crippen LogP contribution is 2.37. The van der Waals surface area contributed by atoms with E-state index in [1.807, 2.05) is 0 Å². The zero-order chi connectivity index (χ0) is 13.5. The average Bonchev–Trinajstić information content (AvgIpc) is 3.09. The van der Waals surface area contributed by atoms with E-state index in [2.05, 4.69) is 5.32 Å². The first kappa shape index (κ1) is 13.8. The Kier molecular flexibility index (Phi) is 3.62. The van der Waals surface area contributed by atoms with E-state index in [-0.39, 0.29) is 11.6 Å². The first-order chi connectivity index (χ1) is 9.01. The largest absolute Gasteiger partial charge is 0.373 e. The number of hydrogen-bond donors (Lipinski definition) is 1. The van der Waals surface area contributed by atoms with Crippen LogP contribution in [-0.2, 0) is 14.8 Å². The standard InChI is InChI=1S/C13H24N2O3S/c1-15(19(16,17)10-11-2-3-11)12-8-13(18-9-12)4-6-14-7-5-13/h11-12,14H,2-10H2,1H3/t12-/m1/s1. The molecule has 1 atom stereocenters. The zero-order valence-corrected chi connectivity index (χ0v) is 12.4. The van der Waals surface area contributed by atoms with Crippen molar-refractivity contribution in [2.24, 2.45) is 5.92 Å². The lowest BCUT2D eigenvalue weighted by Gasteiger charge is -2.33. The minimum atomic E-state index is -3.10. The monoisotopic (exact) mass is 288 g/mol. The molecule has 0 bridgehead atoms. The average molecular weight is 288 g/mol. The van der Waals surface area contributed by atoms with Crippen LogP contribution in [0.3, 0.4) is 0 Å². The number of sulfonamides is 1. The van der Waals surface area contributed by atoms with E-state index in [1.165, 1.54) is 0 Å². The smallest absolute Gasteiger partial charge is 0.214 e. The summed E-state index contributed by atoms with van der Waals surface area (Å²) in [5.41, 5.74) is -0.0702. The van der Waals surface area contributed by atoms with Gasteiger partial charge in [-0.1, -0.05) is 0 Å². The Hall–Kier alpha value is -0.170. The molecule has 19 heavy (non-hydrogen) atoms. The van der Waals surface area contributed by atoms with E-state index in [0.717, 1.165) is 45.2 Å². The SMILES string of the molecule is CN([C@H]1COC2(CCNCC2)C1)S(=O)(=O)CC1CC1. The van der Waals surface area contributed by atoms with Gasteiger partial charge in [0.1, 0.15) is 0 Å². The molecule has 1 N–H and O–H groups in total. The maximum Gasteiger partial charge on any atom is 0.214 e. The molecule has 3 rings (SSSR count). The van der Waals surface area contributed by atoms with Crippen LogP contribution >= 0.6 is 0 Å². The highest BCUT2D eigenvalue weighted by atomic mass is 32.2. The van der Waals surface area contributed by atoms with Gasteiger partial charge in [-0.2, -0.15) is 4.31 Å². The fourth-order valence-corrected chi connectivity index (χ4v) is 4.97. The van der Waals surface area contributed by atoms with Gasteiger partial charge in [-0.05, 0) is 51.1 Å². The molecule has 0 aromatic rings. The number of ether oxygens (including phenoxy) is 1. The second-order valence-corrected chi connectivity index (χ2v) is 8.41. The van der Waals surface area contributed by atoms with Crippen molar-refractivity contribution in [1.82, 2.24) is 9.62 Å². The zero-order valence-electron chi connectivity index (χ0n) is 11.6. The Balaban J connectivity index is 1.63. The molecule has 0 aromatic carbocycles. The van der Waals surface area contributed by atoms with Gasteiger partial charge < -0.3 is 10.1 Å². The Morgan fingerprint density at radius 3 is 2.63 bits per heavy atom. The first-order valence-electron chi connectivity index (χ1n) is 7.31. The van der Waals surface area contributed by atoms with Crippen LogP contribution in [0.4, 0.5) is 0 Å². The predicted molar refractivity (Wildman–Crippen MR) is 73.5 cm³/mol. The molecule has 3 aliphatic rings. The van der Waals surface area contributed by atoms with E-state index in [1.54, 1.807) is 11.4 Å². The number of nitrogens with one attached hydrogen (secondary N) is 1. The van der Waals surface area contributed by atoms with Crippen LogP contribution in [-0.4, -0.2) is 56.9 Å². The molecule has 0 unspecified atom stereocenters. The molecule has 2 saturated heterocycles. The first-order valence-corrected chi connectivity index (χ1v) is 8.92. The number of piperidine rings is 1. The quantitative estimate of drug-likeness (QED) is 0.821. The normalized spacial score (nSPS) is 31.2. The Labute approximate surface area is 115 Å². The highest BCUT2D eigenvalue weighted by Gasteiger charge is 2.45. The molecule has 1 saturated carbocycles. The van der Waals surface area contributed by atoms with Crippen molar-refractivity contribution in [2.75, 3.05) is 32.5 Å². The summed E-state index contributed by atoms with van der Waals surface area (Å²) < 4.78 is 32.2. The van der Waals surface area contributed by atoms with Gasteiger partial charge in [-0.15, -0.1) is 0 Å². The van der Waals surface area contributed by atoms with Crippen LogP contribution < -0.4 is 5.32 Å². The second-order valence-electron chi connectivity index (χ2n) is 6.34. The number of nitrogens with zero attached hydrogens (tertiary/aromatic N) is 1. The second kappa shape index (κ2) is 4.98. The Morgan fingerprint density at radius 2 is 2.00 bits per heavy atom. The van der Waals surface area contributed by atoms with E-state index in [9.17, 15) is 8.42 Å². The van der Waals surface area contributed by atoms with Crippen LogP contribution in [0, 0.1) is 5.92 Å². The lowest BCUT2D eigenvalue weighted by Crippen LogP contribution is -2.43. The highest BCUT2D eigenvalue weighted by molar-refractivity contribution is 7.89. The summed E-state index contributed by atoms with van der Waals surface area (Å²) in [6.07, 6.45) is 5.00. The lowest BCUT2D eigenvalue weighted by molar-refractivity contribution is -0.0197. The van der Waals surface area contributed by atoms with Gasteiger partial charge in [0.15, 0.2) is 0 Å². The summed E-state index contributed by atoms with van der Waals surface area (Å²) in [4.78, 5) is 0.